The topological polar surface area (TPSA) is 39.1 Å². The van der Waals surface area contributed by atoms with Gasteiger partial charge >= 0.3 is 0 Å². The molecule has 0 amide bonds. The van der Waals surface area contributed by atoms with Crippen molar-refractivity contribution in [3.05, 3.63) is 18.0 Å². The molecule has 0 bridgehead atoms. The van der Waals surface area contributed by atoms with Crippen LogP contribution in [0.4, 0.5) is 0 Å². The highest BCUT2D eigenvalue weighted by Gasteiger charge is 2.42. The number of rotatable bonds is 6. The summed E-state index contributed by atoms with van der Waals surface area (Å²) in [6.45, 7) is 5.49. The van der Waals surface area contributed by atoms with Crippen molar-refractivity contribution in [1.82, 2.24) is 15.1 Å². The summed E-state index contributed by atoms with van der Waals surface area (Å²) in [5.74, 6) is 0.727. The number of methoxy groups -OCH3 is 1. The van der Waals surface area contributed by atoms with E-state index >= 15 is 0 Å². The first kappa shape index (κ1) is 15.5. The highest BCUT2D eigenvalue weighted by molar-refractivity contribution is 5.17. The Kier molecular flexibility index (Phi) is 5.22. The minimum Gasteiger partial charge on any atom is -0.376 e. The molecule has 0 saturated heterocycles. The van der Waals surface area contributed by atoms with E-state index in [1.54, 1.807) is 0 Å². The lowest BCUT2D eigenvalue weighted by atomic mass is 9.73. The number of hydrogen-bond acceptors (Lipinski definition) is 3. The van der Waals surface area contributed by atoms with Crippen LogP contribution in [0.3, 0.4) is 0 Å². The number of hydrogen-bond donors (Lipinski definition) is 1. The van der Waals surface area contributed by atoms with Crippen LogP contribution in [-0.2, 0) is 11.3 Å². The van der Waals surface area contributed by atoms with Crippen molar-refractivity contribution in [2.24, 2.45) is 5.92 Å². The van der Waals surface area contributed by atoms with Gasteiger partial charge in [-0.1, -0.05) is 26.7 Å². The molecule has 3 unspecified atom stereocenters. The summed E-state index contributed by atoms with van der Waals surface area (Å²) < 4.78 is 8.06. The molecule has 1 aromatic rings. The predicted molar refractivity (Wildman–Crippen MR) is 81.7 cm³/mol. The average Bonchev–Trinajstić information content (AvgIpc) is 2.88. The van der Waals surface area contributed by atoms with Gasteiger partial charge in [-0.15, -0.1) is 0 Å². The van der Waals surface area contributed by atoms with Crippen LogP contribution in [0.5, 0.6) is 0 Å². The molecule has 1 aliphatic rings. The van der Waals surface area contributed by atoms with Crippen LogP contribution in [-0.4, -0.2) is 29.5 Å². The number of nitrogens with zero attached hydrogens (tertiary/aromatic N) is 2. The summed E-state index contributed by atoms with van der Waals surface area (Å²) in [7, 11) is 3.89. The second kappa shape index (κ2) is 6.72. The number of ether oxygens (including phenoxy) is 1. The lowest BCUT2D eigenvalue weighted by Gasteiger charge is -2.44. The van der Waals surface area contributed by atoms with Crippen molar-refractivity contribution in [2.75, 3.05) is 14.2 Å². The van der Waals surface area contributed by atoms with E-state index in [1.165, 1.54) is 18.4 Å². The number of nitrogens with one attached hydrogen (secondary N) is 1. The summed E-state index contributed by atoms with van der Waals surface area (Å²) in [5.41, 5.74) is 1.16. The maximum atomic E-state index is 6.03. The zero-order valence-corrected chi connectivity index (χ0v) is 13.4. The molecule has 1 aromatic heterocycles. The number of aryl methyl sites for hydroxylation is 1. The third-order valence-corrected chi connectivity index (χ3v) is 4.65. The van der Waals surface area contributed by atoms with Gasteiger partial charge in [-0.2, -0.15) is 5.10 Å². The van der Waals surface area contributed by atoms with Gasteiger partial charge in [0.15, 0.2) is 0 Å². The van der Waals surface area contributed by atoms with Crippen LogP contribution in [0.1, 0.15) is 57.6 Å². The largest absolute Gasteiger partial charge is 0.376 e. The Labute approximate surface area is 122 Å². The predicted octanol–water partition coefficient (Wildman–Crippen LogP) is 3.15. The van der Waals surface area contributed by atoms with Crippen molar-refractivity contribution < 1.29 is 4.74 Å². The van der Waals surface area contributed by atoms with E-state index in [-0.39, 0.29) is 11.6 Å². The molecule has 3 atom stereocenters. The van der Waals surface area contributed by atoms with E-state index in [1.807, 2.05) is 25.0 Å². The standard InChI is InChI=1S/C16H29N3O/c1-5-9-19-12-14(11-18-19)15(17-3)16(20-4)8-6-7-13(2)10-16/h11-13,15,17H,5-10H2,1-4H3. The Bertz CT molecular complexity index is 418. The fourth-order valence-corrected chi connectivity index (χ4v) is 3.72. The maximum absolute atomic E-state index is 6.03. The van der Waals surface area contributed by atoms with E-state index in [0.717, 1.165) is 31.7 Å². The van der Waals surface area contributed by atoms with Gasteiger partial charge < -0.3 is 10.1 Å². The van der Waals surface area contributed by atoms with Gasteiger partial charge in [-0.3, -0.25) is 4.68 Å². The minimum atomic E-state index is -0.0908. The van der Waals surface area contributed by atoms with Gasteiger partial charge in [0.05, 0.1) is 17.8 Å². The highest BCUT2D eigenvalue weighted by Crippen LogP contribution is 2.43. The first-order chi connectivity index (χ1) is 9.65. The molecule has 0 aromatic carbocycles. The Morgan fingerprint density at radius 3 is 3.00 bits per heavy atom. The molecule has 4 nitrogen and oxygen atoms in total. The molecule has 114 valence electrons. The van der Waals surface area contributed by atoms with Crippen LogP contribution < -0.4 is 5.32 Å². The molecule has 1 heterocycles. The number of likely N-dealkylation sites (N-methyl/N-ethyl adjacent to an activating group) is 1. The van der Waals surface area contributed by atoms with Crippen molar-refractivity contribution in [3.8, 4) is 0 Å². The molecule has 4 heteroatoms. The minimum absolute atomic E-state index is 0.0908. The lowest BCUT2D eigenvalue weighted by molar-refractivity contribution is -0.0790. The average molecular weight is 279 g/mol. The molecule has 1 fully saturated rings. The van der Waals surface area contributed by atoms with E-state index in [2.05, 4.69) is 30.5 Å². The van der Waals surface area contributed by atoms with Gasteiger partial charge in [0, 0.05) is 25.4 Å². The summed E-state index contributed by atoms with van der Waals surface area (Å²) >= 11 is 0. The first-order valence-electron chi connectivity index (χ1n) is 7.90. The van der Waals surface area contributed by atoms with E-state index in [9.17, 15) is 0 Å². The van der Waals surface area contributed by atoms with Crippen molar-refractivity contribution in [1.29, 1.82) is 0 Å². The zero-order chi connectivity index (χ0) is 14.6. The second-order valence-electron chi connectivity index (χ2n) is 6.23. The summed E-state index contributed by atoms with van der Waals surface area (Å²) in [6.07, 6.45) is 10.1. The Morgan fingerprint density at radius 2 is 2.40 bits per heavy atom. The fraction of sp³-hybridized carbons (Fsp3) is 0.812. The third-order valence-electron chi connectivity index (χ3n) is 4.65. The molecule has 0 radical (unpaired) electrons. The van der Waals surface area contributed by atoms with Crippen LogP contribution in [0.25, 0.3) is 0 Å². The molecule has 0 aliphatic heterocycles. The fourth-order valence-electron chi connectivity index (χ4n) is 3.72. The van der Waals surface area contributed by atoms with Crippen molar-refractivity contribution in [2.45, 2.75) is 64.1 Å². The summed E-state index contributed by atoms with van der Waals surface area (Å²) in [6, 6.07) is 0.223. The lowest BCUT2D eigenvalue weighted by Crippen LogP contribution is -2.47. The summed E-state index contributed by atoms with van der Waals surface area (Å²) in [5, 5.41) is 7.95. The van der Waals surface area contributed by atoms with Gasteiger partial charge in [0.1, 0.15) is 0 Å². The zero-order valence-electron chi connectivity index (χ0n) is 13.4. The van der Waals surface area contributed by atoms with E-state index < -0.39 is 0 Å². The Morgan fingerprint density at radius 1 is 1.60 bits per heavy atom. The molecular formula is C16H29N3O. The quantitative estimate of drug-likeness (QED) is 0.869. The molecule has 20 heavy (non-hydrogen) atoms. The van der Waals surface area contributed by atoms with E-state index in [0.29, 0.717) is 0 Å². The normalized spacial score (nSPS) is 28.5. The van der Waals surface area contributed by atoms with E-state index in [4.69, 9.17) is 4.74 Å². The van der Waals surface area contributed by atoms with Gasteiger partial charge in [-0.05, 0) is 32.2 Å². The summed E-state index contributed by atoms with van der Waals surface area (Å²) in [4.78, 5) is 0. The maximum Gasteiger partial charge on any atom is 0.0876 e. The molecule has 1 aliphatic carbocycles. The monoisotopic (exact) mass is 279 g/mol. The number of aromatic nitrogens is 2. The molecule has 1 N–H and O–H groups in total. The molecule has 1 saturated carbocycles. The van der Waals surface area contributed by atoms with Crippen LogP contribution in [0, 0.1) is 5.92 Å². The van der Waals surface area contributed by atoms with Crippen LogP contribution in [0.15, 0.2) is 12.4 Å². The highest BCUT2D eigenvalue weighted by atomic mass is 16.5. The Balaban J connectivity index is 2.23. The van der Waals surface area contributed by atoms with Crippen molar-refractivity contribution in [3.63, 3.8) is 0 Å². The van der Waals surface area contributed by atoms with Gasteiger partial charge in [0.25, 0.3) is 0 Å². The van der Waals surface area contributed by atoms with Crippen molar-refractivity contribution >= 4 is 0 Å². The molecule has 0 spiro atoms. The van der Waals surface area contributed by atoms with Crippen LogP contribution in [0.2, 0.25) is 0 Å². The second-order valence-corrected chi connectivity index (χ2v) is 6.23. The van der Waals surface area contributed by atoms with Crippen LogP contribution >= 0.6 is 0 Å². The molecular weight excluding hydrogens is 250 g/mol. The van der Waals surface area contributed by atoms with Gasteiger partial charge in [-0.25, -0.2) is 0 Å². The first-order valence-corrected chi connectivity index (χ1v) is 7.90. The van der Waals surface area contributed by atoms with Gasteiger partial charge in [0.2, 0.25) is 0 Å². The SMILES string of the molecule is CCCn1cc(C(NC)C2(OC)CCCC(C)C2)cn1. The third kappa shape index (κ3) is 3.07. The smallest absolute Gasteiger partial charge is 0.0876 e. The Hall–Kier alpha value is -0.870. The molecule has 2 rings (SSSR count).